The number of amides is 1. The molecule has 1 aliphatic rings. The zero-order valence-corrected chi connectivity index (χ0v) is 16.5. The number of rotatable bonds is 5. The van der Waals surface area contributed by atoms with Gasteiger partial charge in [-0.25, -0.2) is 0 Å². The van der Waals surface area contributed by atoms with Gasteiger partial charge in [0.2, 0.25) is 0 Å². The molecule has 144 valence electrons. The van der Waals surface area contributed by atoms with Crippen molar-refractivity contribution >= 4 is 34.7 Å². The summed E-state index contributed by atoms with van der Waals surface area (Å²) in [5.41, 5.74) is 2.21. The number of hydrogen-bond acceptors (Lipinski definition) is 4. The summed E-state index contributed by atoms with van der Waals surface area (Å²) in [6.07, 6.45) is 1.56. The Morgan fingerprint density at radius 3 is 2.29 bits per heavy atom. The zero-order valence-electron chi connectivity index (χ0n) is 15.7. The van der Waals surface area contributed by atoms with E-state index in [1.54, 1.807) is 30.3 Å². The average Bonchev–Trinajstić information content (AvgIpc) is 2.93. The van der Waals surface area contributed by atoms with Gasteiger partial charge in [-0.1, -0.05) is 29.8 Å². The smallest absolute Gasteiger partial charge is 0.295 e. The highest BCUT2D eigenvalue weighted by atomic mass is 35.5. The number of likely N-dealkylation sites (tertiary alicyclic amines) is 1. The van der Waals surface area contributed by atoms with Crippen molar-refractivity contribution in [3.8, 4) is 0 Å². The minimum atomic E-state index is -0.712. The van der Waals surface area contributed by atoms with Gasteiger partial charge in [0.05, 0.1) is 11.6 Å². The fourth-order valence-electron chi connectivity index (χ4n) is 3.27. The molecule has 1 N–H and O–H groups in total. The minimum Gasteiger partial charge on any atom is -0.507 e. The van der Waals surface area contributed by atoms with E-state index < -0.39 is 17.7 Å². The molecule has 28 heavy (non-hydrogen) atoms. The average molecular weight is 397 g/mol. The van der Waals surface area contributed by atoms with E-state index in [1.165, 1.54) is 4.90 Å². The van der Waals surface area contributed by atoms with Crippen LogP contribution in [0.4, 0.5) is 5.69 Å². The van der Waals surface area contributed by atoms with E-state index in [4.69, 9.17) is 11.6 Å². The predicted molar refractivity (Wildman–Crippen MR) is 111 cm³/mol. The Kier molecular flexibility index (Phi) is 5.56. The van der Waals surface area contributed by atoms with Gasteiger partial charge in [-0.3, -0.25) is 9.59 Å². The van der Waals surface area contributed by atoms with E-state index in [-0.39, 0.29) is 17.9 Å². The van der Waals surface area contributed by atoms with Crippen LogP contribution >= 0.6 is 11.6 Å². The second-order valence-corrected chi connectivity index (χ2v) is 7.17. The summed E-state index contributed by atoms with van der Waals surface area (Å²) >= 11 is 5.92. The largest absolute Gasteiger partial charge is 0.507 e. The summed E-state index contributed by atoms with van der Waals surface area (Å²) in [6, 6.07) is 13.3. The minimum absolute atomic E-state index is 0.0618. The number of Topliss-reactive ketones (excluding diaryl/α,β-unsaturated/α-hetero) is 1. The van der Waals surface area contributed by atoms with Crippen LogP contribution in [-0.2, 0) is 9.59 Å². The van der Waals surface area contributed by atoms with E-state index in [0.717, 1.165) is 11.3 Å². The van der Waals surface area contributed by atoms with Gasteiger partial charge in [-0.05, 0) is 42.0 Å². The van der Waals surface area contributed by atoms with Crippen LogP contribution in [0, 0.1) is 0 Å². The standard InChI is InChI=1S/C22H21ClN2O3/c1-4-13-25-19(14-7-11-17(12-8-14)24(2)3)18(21(27)22(25)28)20(26)15-5-9-16(23)10-6-15/h4-12,19,26H,1,13H2,2-3H3/t19-/m1/s1. The van der Waals surface area contributed by atoms with Gasteiger partial charge in [0.15, 0.2) is 0 Å². The van der Waals surface area contributed by atoms with Crippen molar-refractivity contribution in [2.45, 2.75) is 6.04 Å². The Morgan fingerprint density at radius 1 is 1.14 bits per heavy atom. The molecule has 0 spiro atoms. The molecule has 6 heteroatoms. The molecule has 0 radical (unpaired) electrons. The van der Waals surface area contributed by atoms with Crippen LogP contribution in [0.25, 0.3) is 5.76 Å². The Hall–Kier alpha value is -3.05. The molecule has 1 amide bonds. The number of carbonyl (C=O) groups excluding carboxylic acids is 2. The summed E-state index contributed by atoms with van der Waals surface area (Å²) < 4.78 is 0. The van der Waals surface area contributed by atoms with E-state index >= 15 is 0 Å². The lowest BCUT2D eigenvalue weighted by molar-refractivity contribution is -0.139. The molecule has 1 aliphatic heterocycles. The second-order valence-electron chi connectivity index (χ2n) is 6.73. The summed E-state index contributed by atoms with van der Waals surface area (Å²) in [4.78, 5) is 28.7. The fraction of sp³-hybridized carbons (Fsp3) is 0.182. The number of aliphatic hydroxyl groups excluding tert-OH is 1. The number of anilines is 1. The first kappa shape index (κ1) is 19.7. The SMILES string of the molecule is C=CCN1C(=O)C(=O)C(=C(O)c2ccc(Cl)cc2)[C@H]1c1ccc(N(C)C)cc1. The Bertz CT molecular complexity index is 947. The van der Waals surface area contributed by atoms with Crippen LogP contribution in [0.3, 0.4) is 0 Å². The first-order valence-electron chi connectivity index (χ1n) is 8.77. The molecule has 0 aromatic heterocycles. The molecule has 1 atom stereocenters. The maximum Gasteiger partial charge on any atom is 0.295 e. The number of ketones is 1. The van der Waals surface area contributed by atoms with E-state index in [0.29, 0.717) is 10.6 Å². The lowest BCUT2D eigenvalue weighted by Crippen LogP contribution is -2.29. The molecule has 0 saturated carbocycles. The van der Waals surface area contributed by atoms with Gasteiger partial charge in [0.25, 0.3) is 11.7 Å². The topological polar surface area (TPSA) is 60.9 Å². The van der Waals surface area contributed by atoms with Gasteiger partial charge in [-0.2, -0.15) is 0 Å². The maximum atomic E-state index is 12.8. The van der Waals surface area contributed by atoms with Crippen molar-refractivity contribution in [3.05, 3.63) is 82.9 Å². The van der Waals surface area contributed by atoms with Crippen molar-refractivity contribution in [2.75, 3.05) is 25.5 Å². The highest BCUT2D eigenvalue weighted by Crippen LogP contribution is 2.39. The van der Waals surface area contributed by atoms with Crippen molar-refractivity contribution in [3.63, 3.8) is 0 Å². The van der Waals surface area contributed by atoms with Gasteiger partial charge in [0, 0.05) is 36.9 Å². The summed E-state index contributed by atoms with van der Waals surface area (Å²) in [5.74, 6) is -1.59. The third kappa shape index (κ3) is 3.53. The van der Waals surface area contributed by atoms with Crippen LogP contribution in [-0.4, -0.2) is 42.3 Å². The number of halogens is 1. The van der Waals surface area contributed by atoms with E-state index in [1.807, 2.05) is 43.3 Å². The molecule has 5 nitrogen and oxygen atoms in total. The van der Waals surface area contributed by atoms with Gasteiger partial charge in [-0.15, -0.1) is 6.58 Å². The molecule has 0 unspecified atom stereocenters. The first-order valence-corrected chi connectivity index (χ1v) is 9.15. The number of benzene rings is 2. The molecule has 2 aromatic rings. The van der Waals surface area contributed by atoms with Crippen LogP contribution in [0.2, 0.25) is 5.02 Å². The number of hydrogen-bond donors (Lipinski definition) is 1. The molecule has 2 aromatic carbocycles. The fourth-order valence-corrected chi connectivity index (χ4v) is 3.40. The van der Waals surface area contributed by atoms with Gasteiger partial charge < -0.3 is 14.9 Å². The molecule has 1 fully saturated rings. The quantitative estimate of drug-likeness (QED) is 0.359. The number of carbonyl (C=O) groups is 2. The lowest BCUT2D eigenvalue weighted by atomic mass is 9.95. The molecular formula is C22H21ClN2O3. The Morgan fingerprint density at radius 2 is 1.75 bits per heavy atom. The van der Waals surface area contributed by atoms with Crippen molar-refractivity contribution in [2.24, 2.45) is 0 Å². The van der Waals surface area contributed by atoms with Crippen molar-refractivity contribution < 1.29 is 14.7 Å². The van der Waals surface area contributed by atoms with Crippen LogP contribution in [0.15, 0.2) is 66.8 Å². The lowest BCUT2D eigenvalue weighted by Gasteiger charge is -2.24. The maximum absolute atomic E-state index is 12.8. The molecule has 1 heterocycles. The highest BCUT2D eigenvalue weighted by Gasteiger charge is 2.45. The van der Waals surface area contributed by atoms with Crippen LogP contribution in [0.5, 0.6) is 0 Å². The predicted octanol–water partition coefficient (Wildman–Crippen LogP) is 4.01. The Balaban J connectivity index is 2.15. The van der Waals surface area contributed by atoms with E-state index in [2.05, 4.69) is 6.58 Å². The second kappa shape index (κ2) is 7.90. The number of nitrogens with zero attached hydrogens (tertiary/aromatic N) is 2. The molecule has 0 aliphatic carbocycles. The van der Waals surface area contributed by atoms with Crippen LogP contribution in [0.1, 0.15) is 17.2 Å². The highest BCUT2D eigenvalue weighted by molar-refractivity contribution is 6.46. The van der Waals surface area contributed by atoms with Gasteiger partial charge >= 0.3 is 0 Å². The number of aliphatic hydroxyl groups is 1. The first-order chi connectivity index (χ1) is 13.3. The third-order valence-electron chi connectivity index (χ3n) is 4.71. The molecule has 3 rings (SSSR count). The van der Waals surface area contributed by atoms with Crippen molar-refractivity contribution in [1.29, 1.82) is 0 Å². The monoisotopic (exact) mass is 396 g/mol. The van der Waals surface area contributed by atoms with E-state index in [9.17, 15) is 14.7 Å². The summed E-state index contributed by atoms with van der Waals surface area (Å²) in [6.45, 7) is 3.88. The van der Waals surface area contributed by atoms with Crippen molar-refractivity contribution in [1.82, 2.24) is 4.90 Å². The van der Waals surface area contributed by atoms with Crippen LogP contribution < -0.4 is 4.90 Å². The molecular weight excluding hydrogens is 376 g/mol. The normalized spacial score (nSPS) is 18.4. The molecule has 0 bridgehead atoms. The molecule has 1 saturated heterocycles. The zero-order chi connectivity index (χ0) is 20.4. The third-order valence-corrected chi connectivity index (χ3v) is 4.96. The summed E-state index contributed by atoms with van der Waals surface area (Å²) in [5, 5.41) is 11.4. The summed E-state index contributed by atoms with van der Waals surface area (Å²) in [7, 11) is 3.86. The van der Waals surface area contributed by atoms with Gasteiger partial charge in [0.1, 0.15) is 5.76 Å². The Labute approximate surface area is 169 Å².